The average molecular weight is 332 g/mol. The van der Waals surface area contributed by atoms with Crippen LogP contribution in [0.5, 0.6) is 0 Å². The van der Waals surface area contributed by atoms with Crippen molar-refractivity contribution in [2.45, 2.75) is 38.9 Å². The van der Waals surface area contributed by atoms with Gasteiger partial charge in [0.2, 0.25) is 5.91 Å². The van der Waals surface area contributed by atoms with E-state index in [1.807, 2.05) is 30.7 Å². The molecular weight excluding hydrogens is 308 g/mol. The Morgan fingerprint density at radius 2 is 2.04 bits per heavy atom. The van der Waals surface area contributed by atoms with Gasteiger partial charge >= 0.3 is 0 Å². The Bertz CT molecular complexity index is 681. The first-order valence-corrected chi connectivity index (χ1v) is 8.75. The van der Waals surface area contributed by atoms with Gasteiger partial charge in [0.25, 0.3) is 0 Å². The minimum atomic E-state index is 0.0244. The molecule has 2 rings (SSSR count). The Morgan fingerprint density at radius 3 is 2.70 bits per heavy atom. The quantitative estimate of drug-likeness (QED) is 0.826. The van der Waals surface area contributed by atoms with Crippen molar-refractivity contribution in [2.24, 2.45) is 13.0 Å². The molecule has 1 heterocycles. The van der Waals surface area contributed by atoms with Crippen molar-refractivity contribution in [3.8, 4) is 11.4 Å². The molecule has 0 bridgehead atoms. The lowest BCUT2D eigenvalue weighted by atomic mass is 10.1. The second-order valence-electron chi connectivity index (χ2n) is 6.12. The number of hydrogen-bond acceptors (Lipinski definition) is 4. The van der Waals surface area contributed by atoms with Crippen LogP contribution >= 0.6 is 11.8 Å². The van der Waals surface area contributed by atoms with Crippen molar-refractivity contribution in [1.82, 2.24) is 20.1 Å². The monoisotopic (exact) mass is 332 g/mol. The predicted octanol–water partition coefficient (Wildman–Crippen LogP) is 3.04. The van der Waals surface area contributed by atoms with Crippen LogP contribution < -0.4 is 5.32 Å². The number of hydrogen-bond donors (Lipinski definition) is 1. The zero-order chi connectivity index (χ0) is 17.0. The van der Waals surface area contributed by atoms with Crippen LogP contribution in [0, 0.1) is 12.8 Å². The van der Waals surface area contributed by atoms with Gasteiger partial charge in [-0.1, -0.05) is 49.4 Å². The molecule has 1 N–H and O–H groups in total. The molecule has 0 saturated heterocycles. The highest BCUT2D eigenvalue weighted by atomic mass is 32.2. The summed E-state index contributed by atoms with van der Waals surface area (Å²) in [5.74, 6) is 1.60. The van der Waals surface area contributed by atoms with Crippen LogP contribution in [-0.2, 0) is 11.8 Å². The van der Waals surface area contributed by atoms with Crippen LogP contribution in [0.25, 0.3) is 11.4 Å². The molecule has 0 aliphatic rings. The molecule has 0 saturated carbocycles. The molecule has 0 spiro atoms. The number of carbonyl (C=O) groups excluding carboxylic acids is 1. The molecule has 1 atom stereocenters. The van der Waals surface area contributed by atoms with Gasteiger partial charge in [0.1, 0.15) is 0 Å². The van der Waals surface area contributed by atoms with Gasteiger partial charge in [-0.3, -0.25) is 4.79 Å². The van der Waals surface area contributed by atoms with Crippen LogP contribution in [0.2, 0.25) is 0 Å². The first kappa shape index (κ1) is 17.5. The topological polar surface area (TPSA) is 59.8 Å². The number of rotatable bonds is 6. The molecule has 0 aliphatic heterocycles. The average Bonchev–Trinajstić information content (AvgIpc) is 2.86. The number of nitrogens with zero attached hydrogens (tertiary/aromatic N) is 3. The second kappa shape index (κ2) is 7.64. The summed E-state index contributed by atoms with van der Waals surface area (Å²) in [5.41, 5.74) is 2.21. The number of nitrogens with one attached hydrogen (secondary N) is 1. The number of amides is 1. The highest BCUT2D eigenvalue weighted by Crippen LogP contribution is 2.23. The SMILES string of the molecule is Cc1cccc(-c2nnc(SCC(=O)NC(C)C(C)C)n2C)c1. The van der Waals surface area contributed by atoms with Crippen LogP contribution in [0.1, 0.15) is 26.3 Å². The maximum absolute atomic E-state index is 12.0. The summed E-state index contributed by atoms with van der Waals surface area (Å²) in [7, 11) is 1.93. The lowest BCUT2D eigenvalue weighted by molar-refractivity contribution is -0.119. The van der Waals surface area contributed by atoms with Gasteiger partial charge in [0, 0.05) is 18.7 Å². The molecule has 6 heteroatoms. The molecule has 0 radical (unpaired) electrons. The van der Waals surface area contributed by atoms with Gasteiger partial charge in [-0.25, -0.2) is 0 Å². The third-order valence-corrected chi connectivity index (χ3v) is 4.85. The summed E-state index contributed by atoms with van der Waals surface area (Å²) in [5, 5.41) is 12.2. The summed E-state index contributed by atoms with van der Waals surface area (Å²) >= 11 is 1.41. The largest absolute Gasteiger partial charge is 0.353 e. The Kier molecular flexibility index (Phi) is 5.82. The second-order valence-corrected chi connectivity index (χ2v) is 7.07. The van der Waals surface area contributed by atoms with E-state index in [0.29, 0.717) is 11.7 Å². The lowest BCUT2D eigenvalue weighted by Gasteiger charge is -2.17. The van der Waals surface area contributed by atoms with E-state index in [1.165, 1.54) is 17.3 Å². The van der Waals surface area contributed by atoms with Gasteiger partial charge < -0.3 is 9.88 Å². The van der Waals surface area contributed by atoms with Crippen molar-refractivity contribution >= 4 is 17.7 Å². The molecule has 1 amide bonds. The first-order chi connectivity index (χ1) is 10.9. The Hall–Kier alpha value is -1.82. The van der Waals surface area contributed by atoms with Gasteiger partial charge in [-0.2, -0.15) is 0 Å². The van der Waals surface area contributed by atoms with E-state index in [9.17, 15) is 4.79 Å². The third-order valence-electron chi connectivity index (χ3n) is 3.83. The van der Waals surface area contributed by atoms with Crippen LogP contribution in [0.4, 0.5) is 0 Å². The normalized spacial score (nSPS) is 12.4. The van der Waals surface area contributed by atoms with Crippen molar-refractivity contribution in [3.05, 3.63) is 29.8 Å². The van der Waals surface area contributed by atoms with E-state index in [1.54, 1.807) is 0 Å². The number of aromatic nitrogens is 3. The minimum absolute atomic E-state index is 0.0244. The first-order valence-electron chi connectivity index (χ1n) is 7.77. The molecule has 23 heavy (non-hydrogen) atoms. The number of benzene rings is 1. The Balaban J connectivity index is 2.01. The van der Waals surface area contributed by atoms with E-state index in [0.717, 1.165) is 16.5 Å². The predicted molar refractivity (Wildman–Crippen MR) is 94.3 cm³/mol. The summed E-state index contributed by atoms with van der Waals surface area (Å²) in [4.78, 5) is 12.0. The molecule has 5 nitrogen and oxygen atoms in total. The van der Waals surface area contributed by atoms with Crippen molar-refractivity contribution in [2.75, 3.05) is 5.75 Å². The highest BCUT2D eigenvalue weighted by molar-refractivity contribution is 7.99. The molecule has 0 fully saturated rings. The molecule has 0 aliphatic carbocycles. The Morgan fingerprint density at radius 1 is 1.30 bits per heavy atom. The zero-order valence-corrected chi connectivity index (χ0v) is 15.1. The van der Waals surface area contributed by atoms with E-state index in [-0.39, 0.29) is 11.9 Å². The third kappa shape index (κ3) is 4.58. The summed E-state index contributed by atoms with van der Waals surface area (Å²) in [6, 6.07) is 8.33. The number of carbonyl (C=O) groups is 1. The minimum Gasteiger partial charge on any atom is -0.353 e. The van der Waals surface area contributed by atoms with Gasteiger partial charge in [-0.05, 0) is 25.8 Å². The Labute approximate surface area is 141 Å². The fraction of sp³-hybridized carbons (Fsp3) is 0.471. The van der Waals surface area contributed by atoms with E-state index in [2.05, 4.69) is 48.4 Å². The molecule has 1 aromatic heterocycles. The molecule has 2 aromatic rings. The fourth-order valence-electron chi connectivity index (χ4n) is 2.07. The number of aryl methyl sites for hydroxylation is 1. The zero-order valence-electron chi connectivity index (χ0n) is 14.3. The van der Waals surface area contributed by atoms with Gasteiger partial charge in [-0.15, -0.1) is 10.2 Å². The van der Waals surface area contributed by atoms with Crippen molar-refractivity contribution in [1.29, 1.82) is 0 Å². The fourth-order valence-corrected chi connectivity index (χ4v) is 2.79. The lowest BCUT2D eigenvalue weighted by Crippen LogP contribution is -2.37. The van der Waals surface area contributed by atoms with Crippen molar-refractivity contribution < 1.29 is 4.79 Å². The maximum atomic E-state index is 12.0. The van der Waals surface area contributed by atoms with E-state index < -0.39 is 0 Å². The smallest absolute Gasteiger partial charge is 0.230 e. The molecular formula is C17H24N4OS. The summed E-state index contributed by atoms with van der Waals surface area (Å²) in [6.45, 7) is 8.25. The molecule has 1 unspecified atom stereocenters. The maximum Gasteiger partial charge on any atom is 0.230 e. The van der Waals surface area contributed by atoms with Gasteiger partial charge in [0.05, 0.1) is 5.75 Å². The highest BCUT2D eigenvalue weighted by Gasteiger charge is 2.15. The summed E-state index contributed by atoms with van der Waals surface area (Å²) in [6.07, 6.45) is 0. The van der Waals surface area contributed by atoms with Crippen LogP contribution in [0.3, 0.4) is 0 Å². The standard InChI is InChI=1S/C17H24N4OS/c1-11(2)13(4)18-15(22)10-23-17-20-19-16(21(17)5)14-8-6-7-12(3)9-14/h6-9,11,13H,10H2,1-5H3,(H,18,22). The molecule has 1 aromatic carbocycles. The molecule has 124 valence electrons. The van der Waals surface area contributed by atoms with E-state index in [4.69, 9.17) is 0 Å². The van der Waals surface area contributed by atoms with Gasteiger partial charge in [0.15, 0.2) is 11.0 Å². The summed E-state index contributed by atoms with van der Waals surface area (Å²) < 4.78 is 1.93. The number of thioether (sulfide) groups is 1. The van der Waals surface area contributed by atoms with Crippen molar-refractivity contribution in [3.63, 3.8) is 0 Å². The van der Waals surface area contributed by atoms with Crippen LogP contribution in [0.15, 0.2) is 29.4 Å². The van der Waals surface area contributed by atoms with E-state index >= 15 is 0 Å². The van der Waals surface area contributed by atoms with Crippen LogP contribution in [-0.4, -0.2) is 32.5 Å².